The first kappa shape index (κ1) is 17.0. The van der Waals surface area contributed by atoms with Crippen molar-refractivity contribution in [2.24, 2.45) is 0 Å². The van der Waals surface area contributed by atoms with E-state index < -0.39 is 0 Å². The standard InChI is InChI=1S/C21H19N3O3/c1-14-5-2-3-6-17(14)15-11-16-13-24(9-10-27-20(16)19(25)12-15)21(26)18-7-4-8-22-23-18/h2-8,11-12,25H,9-10,13H2,1H3. The molecule has 136 valence electrons. The predicted octanol–water partition coefficient (Wildman–Crippen LogP) is 3.19. The van der Waals surface area contributed by atoms with Crippen LogP contribution in [0.5, 0.6) is 11.5 Å². The lowest BCUT2D eigenvalue weighted by Gasteiger charge is -2.19. The number of carbonyl (C=O) groups excluding carboxylic acids is 1. The molecule has 0 atom stereocenters. The van der Waals surface area contributed by atoms with E-state index in [0.717, 1.165) is 22.3 Å². The zero-order valence-corrected chi connectivity index (χ0v) is 14.9. The molecule has 1 aliphatic rings. The van der Waals surface area contributed by atoms with Crippen LogP contribution in [0.2, 0.25) is 0 Å². The Morgan fingerprint density at radius 3 is 2.81 bits per heavy atom. The molecule has 0 saturated heterocycles. The molecule has 0 fully saturated rings. The average molecular weight is 361 g/mol. The maximum atomic E-state index is 12.8. The van der Waals surface area contributed by atoms with Crippen LogP contribution in [0.4, 0.5) is 0 Å². The molecule has 0 saturated carbocycles. The highest BCUT2D eigenvalue weighted by atomic mass is 16.5. The van der Waals surface area contributed by atoms with Crippen LogP contribution >= 0.6 is 0 Å². The Kier molecular flexibility index (Phi) is 4.46. The van der Waals surface area contributed by atoms with Crippen molar-refractivity contribution in [3.05, 3.63) is 71.5 Å². The number of hydrogen-bond acceptors (Lipinski definition) is 5. The lowest BCUT2D eigenvalue weighted by molar-refractivity contribution is 0.0726. The third-order valence-electron chi connectivity index (χ3n) is 4.65. The highest BCUT2D eigenvalue weighted by molar-refractivity contribution is 5.92. The van der Waals surface area contributed by atoms with E-state index in [2.05, 4.69) is 10.2 Å². The van der Waals surface area contributed by atoms with Gasteiger partial charge in [-0.05, 0) is 47.9 Å². The maximum absolute atomic E-state index is 12.8. The van der Waals surface area contributed by atoms with Crippen LogP contribution in [-0.2, 0) is 6.54 Å². The number of hydrogen-bond donors (Lipinski definition) is 1. The second-order valence-electron chi connectivity index (χ2n) is 6.48. The van der Waals surface area contributed by atoms with Gasteiger partial charge >= 0.3 is 0 Å². The number of nitrogens with zero attached hydrogens (tertiary/aromatic N) is 3. The Balaban J connectivity index is 1.71. The van der Waals surface area contributed by atoms with Crippen molar-refractivity contribution in [3.8, 4) is 22.6 Å². The van der Waals surface area contributed by atoms with Gasteiger partial charge in [0.05, 0.1) is 6.54 Å². The number of aromatic nitrogens is 2. The third-order valence-corrected chi connectivity index (χ3v) is 4.65. The molecule has 1 amide bonds. The zero-order chi connectivity index (χ0) is 18.8. The van der Waals surface area contributed by atoms with Crippen LogP contribution in [0, 0.1) is 6.92 Å². The monoisotopic (exact) mass is 361 g/mol. The SMILES string of the molecule is Cc1ccccc1-c1cc(O)c2c(c1)CN(C(=O)c1cccnn1)CCO2. The molecule has 2 heterocycles. The molecule has 0 radical (unpaired) electrons. The number of aryl methyl sites for hydroxylation is 1. The molecule has 2 aromatic carbocycles. The van der Waals surface area contributed by atoms with Gasteiger partial charge in [0.2, 0.25) is 0 Å². The van der Waals surface area contributed by atoms with E-state index in [1.165, 1.54) is 6.20 Å². The van der Waals surface area contributed by atoms with Gasteiger partial charge in [0, 0.05) is 18.3 Å². The molecule has 0 aliphatic carbocycles. The fourth-order valence-electron chi connectivity index (χ4n) is 3.30. The normalized spacial score (nSPS) is 13.4. The molecule has 27 heavy (non-hydrogen) atoms. The largest absolute Gasteiger partial charge is 0.504 e. The van der Waals surface area contributed by atoms with Crippen molar-refractivity contribution in [1.82, 2.24) is 15.1 Å². The van der Waals surface area contributed by atoms with Gasteiger partial charge in [-0.15, -0.1) is 5.10 Å². The summed E-state index contributed by atoms with van der Waals surface area (Å²) in [4.78, 5) is 14.4. The highest BCUT2D eigenvalue weighted by Crippen LogP contribution is 2.38. The number of carbonyl (C=O) groups is 1. The minimum absolute atomic E-state index is 0.0829. The Hall–Kier alpha value is -3.41. The summed E-state index contributed by atoms with van der Waals surface area (Å²) in [7, 11) is 0. The molecule has 1 aromatic heterocycles. The van der Waals surface area contributed by atoms with Crippen molar-refractivity contribution in [2.45, 2.75) is 13.5 Å². The van der Waals surface area contributed by atoms with Crippen molar-refractivity contribution in [2.75, 3.05) is 13.2 Å². The van der Waals surface area contributed by atoms with Gasteiger partial charge in [-0.2, -0.15) is 5.10 Å². The Morgan fingerprint density at radius 2 is 2.04 bits per heavy atom. The molecular formula is C21H19N3O3. The first-order valence-corrected chi connectivity index (χ1v) is 8.75. The molecule has 1 aliphatic heterocycles. The Morgan fingerprint density at radius 1 is 1.19 bits per heavy atom. The molecule has 0 unspecified atom stereocenters. The summed E-state index contributed by atoms with van der Waals surface area (Å²) in [5.41, 5.74) is 4.09. The van der Waals surface area contributed by atoms with Gasteiger partial charge in [-0.3, -0.25) is 4.79 Å². The van der Waals surface area contributed by atoms with E-state index in [1.807, 2.05) is 37.3 Å². The summed E-state index contributed by atoms with van der Waals surface area (Å²) in [5.74, 6) is 0.307. The molecular weight excluding hydrogens is 342 g/mol. The van der Waals surface area contributed by atoms with E-state index in [4.69, 9.17) is 4.74 Å². The highest BCUT2D eigenvalue weighted by Gasteiger charge is 2.24. The second kappa shape index (κ2) is 7.07. The molecule has 4 rings (SSSR count). The summed E-state index contributed by atoms with van der Waals surface area (Å²) in [5, 5.41) is 18.2. The molecule has 6 nitrogen and oxygen atoms in total. The van der Waals surface area contributed by atoms with Crippen molar-refractivity contribution < 1.29 is 14.6 Å². The number of phenols is 1. The second-order valence-corrected chi connectivity index (χ2v) is 6.48. The average Bonchev–Trinajstić information content (AvgIpc) is 2.91. The first-order chi connectivity index (χ1) is 13.1. The molecule has 0 spiro atoms. The minimum atomic E-state index is -0.208. The maximum Gasteiger partial charge on any atom is 0.274 e. The molecule has 0 bridgehead atoms. The van der Waals surface area contributed by atoms with E-state index in [9.17, 15) is 9.90 Å². The lowest BCUT2D eigenvalue weighted by Crippen LogP contribution is -2.33. The van der Waals surface area contributed by atoms with Crippen LogP contribution in [0.15, 0.2) is 54.7 Å². The predicted molar refractivity (Wildman–Crippen MR) is 101 cm³/mol. The summed E-state index contributed by atoms with van der Waals surface area (Å²) < 4.78 is 5.74. The zero-order valence-electron chi connectivity index (χ0n) is 14.9. The van der Waals surface area contributed by atoms with Gasteiger partial charge in [0.25, 0.3) is 5.91 Å². The van der Waals surface area contributed by atoms with Crippen molar-refractivity contribution in [3.63, 3.8) is 0 Å². The van der Waals surface area contributed by atoms with Crippen LogP contribution in [0.3, 0.4) is 0 Å². The van der Waals surface area contributed by atoms with E-state index in [0.29, 0.717) is 31.1 Å². The van der Waals surface area contributed by atoms with Gasteiger partial charge in [-0.25, -0.2) is 0 Å². The number of phenolic OH excluding ortho intramolecular Hbond substituents is 1. The van der Waals surface area contributed by atoms with Crippen molar-refractivity contribution >= 4 is 5.91 Å². The third kappa shape index (κ3) is 3.33. The molecule has 3 aromatic rings. The van der Waals surface area contributed by atoms with Crippen molar-refractivity contribution in [1.29, 1.82) is 0 Å². The topological polar surface area (TPSA) is 75.5 Å². The van der Waals surface area contributed by atoms with Gasteiger partial charge < -0.3 is 14.7 Å². The van der Waals surface area contributed by atoms with Crippen LogP contribution in [0.25, 0.3) is 11.1 Å². The Bertz CT molecular complexity index is 989. The number of aromatic hydroxyl groups is 1. The Labute approximate surface area is 157 Å². The first-order valence-electron chi connectivity index (χ1n) is 8.75. The number of fused-ring (bicyclic) bond motifs is 1. The number of benzene rings is 2. The quantitative estimate of drug-likeness (QED) is 0.759. The van der Waals surface area contributed by atoms with Crippen LogP contribution < -0.4 is 4.74 Å². The van der Waals surface area contributed by atoms with Crippen LogP contribution in [0.1, 0.15) is 21.6 Å². The smallest absolute Gasteiger partial charge is 0.274 e. The van der Waals surface area contributed by atoms with E-state index >= 15 is 0 Å². The lowest BCUT2D eigenvalue weighted by atomic mass is 9.98. The van der Waals surface area contributed by atoms with E-state index in [-0.39, 0.29) is 11.7 Å². The minimum Gasteiger partial charge on any atom is -0.504 e. The fourth-order valence-corrected chi connectivity index (χ4v) is 3.30. The van der Waals surface area contributed by atoms with Gasteiger partial charge in [-0.1, -0.05) is 24.3 Å². The fraction of sp³-hybridized carbons (Fsp3) is 0.190. The molecule has 1 N–H and O–H groups in total. The van der Waals surface area contributed by atoms with Crippen LogP contribution in [-0.4, -0.2) is 39.3 Å². The van der Waals surface area contributed by atoms with Gasteiger partial charge in [0.15, 0.2) is 17.2 Å². The summed E-state index contributed by atoms with van der Waals surface area (Å²) in [6, 6.07) is 15.0. The number of rotatable bonds is 2. The number of amides is 1. The summed E-state index contributed by atoms with van der Waals surface area (Å²) in [6.07, 6.45) is 1.53. The van der Waals surface area contributed by atoms with Gasteiger partial charge in [0.1, 0.15) is 6.61 Å². The summed E-state index contributed by atoms with van der Waals surface area (Å²) >= 11 is 0. The van der Waals surface area contributed by atoms with E-state index in [1.54, 1.807) is 23.1 Å². The molecule has 6 heteroatoms. The summed E-state index contributed by atoms with van der Waals surface area (Å²) in [6.45, 7) is 3.07. The number of ether oxygens (including phenoxy) is 1.